The molecule has 0 N–H and O–H groups in total. The van der Waals surface area contributed by atoms with Crippen molar-refractivity contribution in [3.05, 3.63) is 30.0 Å². The van der Waals surface area contributed by atoms with Crippen LogP contribution in [0, 0.1) is 0 Å². The van der Waals surface area contributed by atoms with Gasteiger partial charge in [-0.1, -0.05) is 40.5 Å². The van der Waals surface area contributed by atoms with Crippen molar-refractivity contribution < 1.29 is 0 Å². The number of nitrogens with zero attached hydrogens (tertiary/aromatic N) is 2. The molecule has 0 fully saturated rings. The third-order valence-electron chi connectivity index (χ3n) is 2.76. The number of rotatable bonds is 5. The number of aromatic nitrogens is 2. The Labute approximate surface area is 110 Å². The second kappa shape index (κ2) is 6.54. The molecule has 0 amide bonds. The van der Waals surface area contributed by atoms with Gasteiger partial charge in [0.1, 0.15) is 0 Å². The number of hydrogen-bond acceptors (Lipinski definition) is 1. The van der Waals surface area contributed by atoms with Gasteiger partial charge in [-0.15, -0.1) is 8.93 Å². The van der Waals surface area contributed by atoms with E-state index >= 15 is 0 Å². The van der Waals surface area contributed by atoms with E-state index in [1.807, 2.05) is 0 Å². The molecule has 4 atom stereocenters. The van der Waals surface area contributed by atoms with Crippen LogP contribution in [-0.4, -0.2) is 9.55 Å². The van der Waals surface area contributed by atoms with Crippen LogP contribution in [0.15, 0.2) is 24.3 Å². The molecule has 17 heavy (non-hydrogen) atoms. The zero-order chi connectivity index (χ0) is 12.3. The first kappa shape index (κ1) is 13.8. The fourth-order valence-electron chi connectivity index (χ4n) is 1.89. The summed E-state index contributed by atoms with van der Waals surface area (Å²) in [6.45, 7) is 2.24. The van der Waals surface area contributed by atoms with Crippen LogP contribution in [0.5, 0.6) is 0 Å². The van der Waals surface area contributed by atoms with Crippen molar-refractivity contribution in [3.8, 4) is 0 Å². The van der Waals surface area contributed by atoms with Gasteiger partial charge in [-0.2, -0.15) is 5.10 Å². The first-order valence-electron chi connectivity index (χ1n) is 5.76. The Bertz CT molecular complexity index is 497. The first-order valence-corrected chi connectivity index (χ1v) is 12.3. The Morgan fingerprint density at radius 1 is 1.41 bits per heavy atom. The molecule has 0 saturated carbocycles. The van der Waals surface area contributed by atoms with Crippen LogP contribution in [0.4, 0.5) is 0 Å². The minimum Gasteiger partial charge on any atom is -0.240 e. The highest BCUT2D eigenvalue weighted by Gasteiger charge is 2.14. The summed E-state index contributed by atoms with van der Waals surface area (Å²) >= 11 is 0. The van der Waals surface area contributed by atoms with Gasteiger partial charge < -0.3 is 0 Å². The van der Waals surface area contributed by atoms with Crippen molar-refractivity contribution in [2.45, 2.75) is 26.2 Å². The second-order valence-corrected chi connectivity index (χ2v) is 12.7. The van der Waals surface area contributed by atoms with Gasteiger partial charge in [-0.25, -0.2) is 4.45 Å². The van der Waals surface area contributed by atoms with Gasteiger partial charge >= 0.3 is 0 Å². The highest BCUT2D eigenvalue weighted by Crippen LogP contribution is 2.66. The molecule has 0 bridgehead atoms. The lowest BCUT2D eigenvalue weighted by atomic mass is 10.1. The van der Waals surface area contributed by atoms with Crippen molar-refractivity contribution in [1.82, 2.24) is 9.55 Å². The minimum absolute atomic E-state index is 0.245. The molecular formula is C11H18N2P4. The van der Waals surface area contributed by atoms with Crippen LogP contribution >= 0.6 is 33.3 Å². The van der Waals surface area contributed by atoms with Crippen molar-refractivity contribution in [3.63, 3.8) is 0 Å². The Morgan fingerprint density at radius 3 is 2.88 bits per heavy atom. The first-order chi connectivity index (χ1) is 8.27. The largest absolute Gasteiger partial charge is 0.240 e. The lowest BCUT2D eigenvalue weighted by Crippen LogP contribution is -1.95. The van der Waals surface area contributed by atoms with Gasteiger partial charge in [-0.05, 0) is 26.9 Å². The normalized spacial score (nSPS) is 13.8. The number of unbranched alkanes of at least 4 members (excludes halogenated alkanes) is 1. The maximum atomic E-state index is 4.75. The van der Waals surface area contributed by atoms with Crippen LogP contribution in [0.3, 0.4) is 0 Å². The zero-order valence-corrected chi connectivity index (χ0v) is 14.1. The molecule has 0 spiro atoms. The molecule has 0 aliphatic rings. The fraction of sp³-hybridized carbons (Fsp3) is 0.364. The molecule has 1 aromatic heterocycles. The average molecular weight is 302 g/mol. The summed E-state index contributed by atoms with van der Waals surface area (Å²) in [5.74, 6) is 0. The smallest absolute Gasteiger partial charge is 0.0929 e. The van der Waals surface area contributed by atoms with Crippen LogP contribution in [-0.2, 0) is 6.42 Å². The van der Waals surface area contributed by atoms with E-state index in [2.05, 4.69) is 53.5 Å². The number of fused-ring (bicyclic) bond motifs is 1. The molecule has 2 rings (SSSR count). The maximum Gasteiger partial charge on any atom is 0.0929 e. The minimum atomic E-state index is -0.245. The zero-order valence-electron chi connectivity index (χ0n) is 9.93. The summed E-state index contributed by atoms with van der Waals surface area (Å²) in [7, 11) is 6.40. The predicted molar refractivity (Wildman–Crippen MR) is 88.4 cm³/mol. The van der Waals surface area contributed by atoms with Gasteiger partial charge in [0, 0.05) is 5.39 Å². The number of benzene rings is 1. The summed E-state index contributed by atoms with van der Waals surface area (Å²) in [4.78, 5) is 0. The lowest BCUT2D eigenvalue weighted by molar-refractivity contribution is 0.763. The summed E-state index contributed by atoms with van der Waals surface area (Å²) < 4.78 is 2.26. The van der Waals surface area contributed by atoms with E-state index in [1.54, 1.807) is 0 Å². The lowest BCUT2D eigenvalue weighted by Gasteiger charge is -2.13. The van der Waals surface area contributed by atoms with Crippen LogP contribution < -0.4 is 0 Å². The standard InChI is InChI=1S/C11H18N2P4/c1-2-3-8-11-9-6-4-5-7-10(9)12-13(11)17(15)16-14/h4-7,16H,2-3,8,14-15H2,1H3. The Hall–Kier alpha value is 0.410. The van der Waals surface area contributed by atoms with Gasteiger partial charge in [0.25, 0.3) is 0 Å². The molecule has 0 radical (unpaired) electrons. The van der Waals surface area contributed by atoms with Gasteiger partial charge in [0.05, 0.1) is 18.7 Å². The van der Waals surface area contributed by atoms with Crippen molar-refractivity contribution >= 4 is 44.2 Å². The Kier molecular flexibility index (Phi) is 5.32. The van der Waals surface area contributed by atoms with E-state index < -0.39 is 0 Å². The second-order valence-electron chi connectivity index (χ2n) is 3.93. The summed E-state index contributed by atoms with van der Waals surface area (Å²) in [6.07, 6.45) is 3.61. The fourth-order valence-corrected chi connectivity index (χ4v) is 5.04. The van der Waals surface area contributed by atoms with Crippen LogP contribution in [0.2, 0.25) is 0 Å². The van der Waals surface area contributed by atoms with E-state index in [1.165, 1.54) is 23.9 Å². The molecule has 2 nitrogen and oxygen atoms in total. The van der Waals surface area contributed by atoms with Crippen LogP contribution in [0.1, 0.15) is 25.5 Å². The van der Waals surface area contributed by atoms with E-state index in [-0.39, 0.29) is 7.45 Å². The predicted octanol–water partition coefficient (Wildman–Crippen LogP) is 4.80. The van der Waals surface area contributed by atoms with E-state index in [0.717, 1.165) is 19.9 Å². The van der Waals surface area contributed by atoms with E-state index in [4.69, 9.17) is 5.10 Å². The third-order valence-corrected chi connectivity index (χ3v) is 12.2. The van der Waals surface area contributed by atoms with Crippen molar-refractivity contribution in [1.29, 1.82) is 0 Å². The highest BCUT2D eigenvalue weighted by atomic mass is 32.6. The highest BCUT2D eigenvalue weighted by molar-refractivity contribution is 8.60. The summed E-state index contributed by atoms with van der Waals surface area (Å²) in [5.41, 5.74) is 2.55. The quantitative estimate of drug-likeness (QED) is 0.726. The SMILES string of the molecule is CCCCc1c2ccccc2nn1P(P)PP. The number of hydrogen-bond donors (Lipinski definition) is 0. The maximum absolute atomic E-state index is 4.75. The summed E-state index contributed by atoms with van der Waals surface area (Å²) in [6, 6.07) is 8.49. The van der Waals surface area contributed by atoms with E-state index in [0.29, 0.717) is 0 Å². The topological polar surface area (TPSA) is 17.8 Å². The molecule has 1 heterocycles. The molecule has 0 aliphatic heterocycles. The molecule has 0 aliphatic carbocycles. The van der Waals surface area contributed by atoms with Gasteiger partial charge in [-0.3, -0.25) is 0 Å². The molecule has 4 unspecified atom stereocenters. The monoisotopic (exact) mass is 302 g/mol. The molecule has 0 saturated heterocycles. The molecule has 6 heteroatoms. The Balaban J connectivity index is 2.48. The van der Waals surface area contributed by atoms with Crippen molar-refractivity contribution in [2.24, 2.45) is 0 Å². The molecule has 2 aromatic rings. The molecule has 92 valence electrons. The van der Waals surface area contributed by atoms with Gasteiger partial charge in [0.2, 0.25) is 0 Å². The van der Waals surface area contributed by atoms with E-state index in [9.17, 15) is 0 Å². The van der Waals surface area contributed by atoms with Crippen LogP contribution in [0.25, 0.3) is 10.9 Å². The third kappa shape index (κ3) is 3.05. The van der Waals surface area contributed by atoms with Gasteiger partial charge in [0.15, 0.2) is 0 Å². The average Bonchev–Trinajstić information content (AvgIpc) is 2.74. The molecular weight excluding hydrogens is 284 g/mol. The van der Waals surface area contributed by atoms with Crippen molar-refractivity contribution in [2.75, 3.05) is 0 Å². The molecule has 1 aromatic carbocycles. The number of aryl methyl sites for hydroxylation is 1. The summed E-state index contributed by atoms with van der Waals surface area (Å²) in [5, 5.41) is 6.09. The Morgan fingerprint density at radius 2 is 2.18 bits per heavy atom.